The summed E-state index contributed by atoms with van der Waals surface area (Å²) < 4.78 is 139. The van der Waals surface area contributed by atoms with Crippen molar-refractivity contribution in [2.45, 2.75) is 174 Å². The predicted octanol–water partition coefficient (Wildman–Crippen LogP) is -3.99. The number of imidazole rings is 3. The summed E-state index contributed by atoms with van der Waals surface area (Å²) >= 11 is 27.6. The zero-order chi connectivity index (χ0) is 83.1. The molecule has 17 rings (SSSR count). The largest absolute Gasteiger partial charge is 0.780 e. The highest BCUT2D eigenvalue weighted by Crippen LogP contribution is 2.64. The highest BCUT2D eigenvalue weighted by atomic mass is 32.7. The van der Waals surface area contributed by atoms with Crippen LogP contribution in [0.15, 0.2) is 68.0 Å². The summed E-state index contributed by atoms with van der Waals surface area (Å²) in [6.45, 7) is -21.8. The standard InChI is InChI=1S/C58H72N19O30P5S5/c1-21-8-73(53(82)71-45(21)79)48-32-36(104-108(84,113)89-6)55(99-48,12-90-32)13-92-110(86,115)103-26-7-28(75-18-66-29-40(59)62-16-64-42(29)75)98-27(26)10-91-109(85,114)106-39-35-50(76-19-67-30-41(60)63-17-65-43(30)76)102-58(39,25(5)97-35)15-94-112(88,117)107-38-34-49(74-9-22(2)46(80)72-54(74)83)101-57(38,24(4)96-34)14-93-111(87,116)105-37-33-51(100-56(37,11-78)23(3)95-33)77-20-68-31-44(77)69-52(61)70-47(31)81/h8-9,16-20,23-28,32-39,48-51,78H,7,10-15H2,1-6H3,(H,84,113)(H,85,114)(H,86,115)(H,87,116)(H,88,117)(H2,59,62,64)(H2,60,63,65)(H,71,79,82)(H,72,80,83)(H3,61,69,70,81)/p-5/t23-,24-,25-,26?,27+,28+,32-,33-,34-,35-,36?,37?,38?,39?,48+,49+,50+,51+,55+,56-,57-,58-,108?,109?,110?,111?,112?/m0/s1. The number of nitrogen functional groups attached to an aromatic ring is 3. The predicted molar refractivity (Wildman–Crippen MR) is 401 cm³/mol. The second kappa shape index (κ2) is 30.1. The van der Waals surface area contributed by atoms with Crippen LogP contribution in [0.3, 0.4) is 0 Å². The maximum Gasteiger partial charge on any atom is 0.330 e. The normalized spacial score (nSPS) is 36.1. The molecule has 8 bridgehead atoms. The Morgan fingerprint density at radius 3 is 1.61 bits per heavy atom. The minimum absolute atomic E-state index is 0.00563. The van der Waals surface area contributed by atoms with Gasteiger partial charge >= 0.3 is 11.4 Å². The van der Waals surface area contributed by atoms with Crippen LogP contribution in [0.5, 0.6) is 0 Å². The molecule has 8 aromatic heterocycles. The second-order valence-electron chi connectivity index (χ2n) is 28.7. The van der Waals surface area contributed by atoms with Gasteiger partial charge in [-0.3, -0.25) is 56.7 Å². The van der Waals surface area contributed by atoms with Gasteiger partial charge in [0.25, 0.3) is 16.7 Å². The van der Waals surface area contributed by atoms with Crippen molar-refractivity contribution in [1.29, 1.82) is 0 Å². The van der Waals surface area contributed by atoms with Crippen molar-refractivity contribution in [2.75, 3.05) is 64.0 Å². The number of aliphatic hydroxyl groups is 1. The molecule has 117 heavy (non-hydrogen) atoms. The Kier molecular flexibility index (Phi) is 21.6. The molecule has 9 aliphatic rings. The number of ether oxygens (including phenoxy) is 9. The first-order valence-electron chi connectivity index (χ1n) is 35.1. The maximum absolute atomic E-state index is 15.4. The molecule has 0 spiro atoms. The lowest BCUT2D eigenvalue weighted by molar-refractivity contribution is -0.240. The average molecular weight is 1830 g/mol. The van der Waals surface area contributed by atoms with Gasteiger partial charge in [0, 0.05) is 37.1 Å². The first-order valence-corrected chi connectivity index (χ1v) is 47.9. The summed E-state index contributed by atoms with van der Waals surface area (Å²) in [7, 11) is 1.03. The third-order valence-corrected chi connectivity index (χ3v) is 29.6. The Labute approximate surface area is 680 Å². The molecule has 10 unspecified atom stereocenters. The molecule has 17 heterocycles. The van der Waals surface area contributed by atoms with E-state index in [0.717, 1.165) is 28.8 Å². The Bertz CT molecular complexity index is 5910. The number of hydrogen-bond donors (Lipinski definition) is 7. The fourth-order valence-electron chi connectivity index (χ4n) is 16.0. The third kappa shape index (κ3) is 14.5. The van der Waals surface area contributed by atoms with Gasteiger partial charge in [-0.05, 0) is 34.6 Å². The first kappa shape index (κ1) is 83.7. The molecule has 8 aromatic rings. The van der Waals surface area contributed by atoms with E-state index in [1.807, 2.05) is 0 Å². The number of H-pyrrole nitrogens is 3. The van der Waals surface area contributed by atoms with E-state index in [2.05, 4.69) is 54.8 Å². The van der Waals surface area contributed by atoms with Gasteiger partial charge in [0.05, 0.1) is 83.0 Å². The van der Waals surface area contributed by atoms with Crippen molar-refractivity contribution in [3.63, 3.8) is 0 Å². The SMILES string of the molecule is COP([O-])(=S)OC1[C@@H]2OC[C@]1(COP([O-])(=S)OC1C[C@H](n3cnc4c(N)ncnc43)O[C@@H]1COP([O-])(=S)OC1[C@@H]3O[C@@H](C)[C@]1(COP(=O)([S-])OC1[C@@H]4O[C@@H](C)[C@]1(COP([O-])(=S)OC1[C@@H]5O[C@@H](C)[C@]1(CO)O[C@H]5n1cnc5c(=O)[nH]c(N)nc51)O[C@H]4n1cc(C)c(=O)[nH]c1=O)O[C@H]3n1cnc3c(N)ncnc31)O[C@H]2n1cc(C)c(=O)[nH]c1=O. The van der Waals surface area contributed by atoms with Crippen LogP contribution in [0.2, 0.25) is 0 Å². The number of nitrogens with zero attached hydrogens (tertiary/aromatic N) is 13. The fraction of sp³-hybridized carbons (Fsp3) is 0.603. The summed E-state index contributed by atoms with van der Waals surface area (Å²) in [6.07, 6.45) is -16.7. The average Bonchev–Trinajstić information content (AvgIpc) is 1.56. The number of anilines is 3. The third-order valence-electron chi connectivity index (χ3n) is 21.9. The van der Waals surface area contributed by atoms with Gasteiger partial charge in [-0.25, -0.2) is 44.5 Å². The van der Waals surface area contributed by atoms with Crippen molar-refractivity contribution in [2.24, 2.45) is 0 Å². The van der Waals surface area contributed by atoms with Crippen molar-refractivity contribution in [1.82, 2.24) is 77.7 Å². The first-order chi connectivity index (χ1) is 55.2. The van der Waals surface area contributed by atoms with Crippen LogP contribution in [-0.2, 0) is 152 Å². The van der Waals surface area contributed by atoms with Crippen LogP contribution >= 0.6 is 33.7 Å². The van der Waals surface area contributed by atoms with E-state index >= 15 is 9.46 Å². The van der Waals surface area contributed by atoms with Crippen LogP contribution < -0.4 is 64.8 Å². The molecular weight excluding hydrogens is 1760 g/mol. The Morgan fingerprint density at radius 2 is 1.03 bits per heavy atom. The highest BCUT2D eigenvalue weighted by molar-refractivity contribution is 8.32. The molecule has 59 heteroatoms. The molecule has 0 saturated carbocycles. The Hall–Kier alpha value is -5.57. The van der Waals surface area contributed by atoms with Crippen LogP contribution in [-0.4, -0.2) is 231 Å². The zero-order valence-electron chi connectivity index (χ0n) is 61.0. The van der Waals surface area contributed by atoms with Crippen molar-refractivity contribution in [3.05, 3.63) is 107 Å². The number of nitrogens with one attached hydrogen (secondary N) is 3. The molecule has 0 radical (unpaired) electrons. The lowest BCUT2D eigenvalue weighted by Gasteiger charge is -2.42. The van der Waals surface area contributed by atoms with Gasteiger partial charge in [0.1, 0.15) is 134 Å². The summed E-state index contributed by atoms with van der Waals surface area (Å²) in [5, 5.41) is 11.0. The van der Waals surface area contributed by atoms with E-state index in [-0.39, 0.29) is 68.6 Å². The van der Waals surface area contributed by atoms with Crippen LogP contribution in [0, 0.1) is 13.8 Å². The molecule has 10 N–H and O–H groups in total. The van der Waals surface area contributed by atoms with Crippen molar-refractivity contribution in [3.8, 4) is 0 Å². The smallest absolute Gasteiger partial charge is 0.330 e. The monoisotopic (exact) mass is 1820 g/mol. The summed E-state index contributed by atoms with van der Waals surface area (Å²) in [5.41, 5.74) is 6.70. The number of fused-ring (bicyclic) bond motifs is 11. The second-order valence-corrected chi connectivity index (χ2v) is 42.3. The number of nitrogens with two attached hydrogens (primary N) is 3. The van der Waals surface area contributed by atoms with Gasteiger partial charge in [0.15, 0.2) is 65.8 Å². The molecule has 27 atom stereocenters. The van der Waals surface area contributed by atoms with Gasteiger partial charge in [-0.15, -0.1) is 0 Å². The number of aromatic amines is 3. The number of rotatable bonds is 29. The molecule has 634 valence electrons. The lowest BCUT2D eigenvalue weighted by Crippen LogP contribution is -2.52. The molecule has 9 aliphatic heterocycles. The van der Waals surface area contributed by atoms with E-state index in [1.165, 1.54) is 72.9 Å². The van der Waals surface area contributed by atoms with Crippen LogP contribution in [0.1, 0.15) is 69.5 Å². The van der Waals surface area contributed by atoms with E-state index < -0.39 is 234 Å². The van der Waals surface area contributed by atoms with Gasteiger partial charge < -0.3 is 142 Å². The summed E-state index contributed by atoms with van der Waals surface area (Å²) in [5.74, 6) is -0.312. The van der Waals surface area contributed by atoms with Gasteiger partial charge in [0.2, 0.25) is 5.95 Å². The fourth-order valence-corrected chi connectivity index (χ4v) is 22.8. The minimum atomic E-state index is -5.17. The molecule has 49 nitrogen and oxygen atoms in total. The van der Waals surface area contributed by atoms with Gasteiger partial charge in [-0.2, -0.15) is 4.98 Å². The molecule has 0 amide bonds. The van der Waals surface area contributed by atoms with Crippen LogP contribution in [0.25, 0.3) is 33.5 Å². The molecule has 0 aliphatic carbocycles. The summed E-state index contributed by atoms with van der Waals surface area (Å²) in [4.78, 5) is 164. The Morgan fingerprint density at radius 1 is 0.556 bits per heavy atom. The topological polar surface area (TPSA) is 643 Å². The highest BCUT2D eigenvalue weighted by Gasteiger charge is 2.72. The van der Waals surface area contributed by atoms with E-state index in [0.29, 0.717) is 0 Å². The lowest BCUT2D eigenvalue weighted by atomic mass is 9.94. The number of hydrogen-bond acceptors (Lipinski definition) is 46. The van der Waals surface area contributed by atoms with E-state index in [4.69, 9.17) is 165 Å². The van der Waals surface area contributed by atoms with Crippen molar-refractivity contribution >= 4 is 144 Å². The minimum Gasteiger partial charge on any atom is -0.780 e. The summed E-state index contributed by atoms with van der Waals surface area (Å²) in [6, 6.07) is 0. The van der Waals surface area contributed by atoms with Crippen LogP contribution in [0.4, 0.5) is 17.6 Å². The number of aromatic nitrogens is 16. The Balaban J connectivity index is 0.639. The number of aliphatic hydroxyl groups excluding tert-OH is 1. The van der Waals surface area contributed by atoms with E-state index in [1.54, 1.807) is 6.92 Å². The number of aryl methyl sites for hydroxylation is 2. The maximum atomic E-state index is 15.4. The van der Waals surface area contributed by atoms with Crippen molar-refractivity contribution < 1.29 is 117 Å². The van der Waals surface area contributed by atoms with Gasteiger partial charge in [-0.1, -0.05) is 47.2 Å². The van der Waals surface area contributed by atoms with E-state index in [9.17, 15) is 43.8 Å². The molecular formula is C58H67N19O30P5S5-5. The quantitative estimate of drug-likeness (QED) is 0.0174. The molecule has 9 fully saturated rings. The zero-order valence-corrected chi connectivity index (χ0v) is 69.5. The molecule has 9 saturated heterocycles. The molecule has 0 aromatic carbocycles.